The summed E-state index contributed by atoms with van der Waals surface area (Å²) in [5.74, 6) is -2.51. The lowest BCUT2D eigenvalue weighted by atomic mass is 10.2. The number of pyridine rings is 1. The Morgan fingerprint density at radius 1 is 1.50 bits per heavy atom. The van der Waals surface area contributed by atoms with Crippen LogP contribution in [0.25, 0.3) is 0 Å². The molecule has 7 heteroatoms. The second kappa shape index (κ2) is 4.59. The van der Waals surface area contributed by atoms with Crippen molar-refractivity contribution in [2.24, 2.45) is 0 Å². The van der Waals surface area contributed by atoms with Crippen molar-refractivity contribution in [2.75, 3.05) is 13.1 Å². The zero-order valence-corrected chi connectivity index (χ0v) is 9.38. The second-order valence-corrected chi connectivity index (χ2v) is 4.03. The molecule has 0 bridgehead atoms. The fourth-order valence-corrected chi connectivity index (χ4v) is 2.03. The van der Waals surface area contributed by atoms with Crippen LogP contribution in [0, 0.1) is 5.82 Å². The van der Waals surface area contributed by atoms with Gasteiger partial charge in [-0.3, -0.25) is 14.4 Å². The minimum absolute atomic E-state index is 0.249. The lowest BCUT2D eigenvalue weighted by molar-refractivity contribution is -0.143. The highest BCUT2D eigenvalue weighted by Gasteiger charge is 2.34. The van der Waals surface area contributed by atoms with E-state index in [4.69, 9.17) is 5.11 Å². The maximum Gasteiger partial charge on any atom is 0.323 e. The number of likely N-dealkylation sites (tertiary alicyclic amines) is 1. The van der Waals surface area contributed by atoms with Gasteiger partial charge in [-0.1, -0.05) is 0 Å². The Labute approximate surface area is 101 Å². The van der Waals surface area contributed by atoms with Gasteiger partial charge in [0.1, 0.15) is 12.6 Å². The van der Waals surface area contributed by atoms with Crippen LogP contribution in [-0.2, 0) is 9.59 Å². The summed E-state index contributed by atoms with van der Waals surface area (Å²) in [7, 11) is 0. The molecule has 0 aromatic carbocycles. The van der Waals surface area contributed by atoms with Crippen molar-refractivity contribution in [3.8, 4) is 0 Å². The van der Waals surface area contributed by atoms with E-state index in [1.165, 1.54) is 12.3 Å². The van der Waals surface area contributed by atoms with Gasteiger partial charge in [-0.2, -0.15) is 0 Å². The summed E-state index contributed by atoms with van der Waals surface area (Å²) < 4.78 is 14.1. The highest BCUT2D eigenvalue weighted by Crippen LogP contribution is 2.21. The maximum absolute atomic E-state index is 13.1. The Bertz CT molecular complexity index is 554. The fourth-order valence-electron chi connectivity index (χ4n) is 2.03. The molecule has 2 rings (SSSR count). The summed E-state index contributed by atoms with van der Waals surface area (Å²) in [4.78, 5) is 35.1. The van der Waals surface area contributed by atoms with Crippen molar-refractivity contribution < 1.29 is 19.1 Å². The van der Waals surface area contributed by atoms with E-state index >= 15 is 0 Å². The molecule has 0 aliphatic carbocycles. The van der Waals surface area contributed by atoms with Gasteiger partial charge < -0.3 is 14.6 Å². The number of rotatable bonds is 3. The van der Waals surface area contributed by atoms with Gasteiger partial charge in [0.05, 0.1) is 0 Å². The zero-order valence-electron chi connectivity index (χ0n) is 9.38. The summed E-state index contributed by atoms with van der Waals surface area (Å²) in [5.41, 5.74) is -0.868. The highest BCUT2D eigenvalue weighted by atomic mass is 19.1. The summed E-state index contributed by atoms with van der Waals surface area (Å²) >= 11 is 0. The van der Waals surface area contributed by atoms with Gasteiger partial charge in [-0.05, 0) is 18.6 Å². The smallest absolute Gasteiger partial charge is 0.323 e. The minimum atomic E-state index is -1.12. The predicted molar refractivity (Wildman–Crippen MR) is 58.5 cm³/mol. The molecule has 0 radical (unpaired) electrons. The number of carboxylic acids is 1. The van der Waals surface area contributed by atoms with E-state index in [1.807, 2.05) is 0 Å². The first kappa shape index (κ1) is 12.3. The number of hydrogen-bond acceptors (Lipinski definition) is 3. The molecule has 1 fully saturated rings. The number of aliphatic carboxylic acids is 1. The van der Waals surface area contributed by atoms with Crippen LogP contribution in [0.2, 0.25) is 0 Å². The molecular formula is C11H11FN2O4. The topological polar surface area (TPSA) is 79.6 Å². The molecule has 1 aliphatic rings. The van der Waals surface area contributed by atoms with Gasteiger partial charge in [-0.25, -0.2) is 4.39 Å². The molecule has 0 spiro atoms. The molecule has 1 amide bonds. The number of carbonyl (C=O) groups is 2. The number of halogens is 1. The average molecular weight is 254 g/mol. The maximum atomic E-state index is 13.1. The van der Waals surface area contributed by atoms with Gasteiger partial charge >= 0.3 is 5.97 Å². The van der Waals surface area contributed by atoms with Crippen molar-refractivity contribution in [1.29, 1.82) is 0 Å². The molecule has 2 heterocycles. The van der Waals surface area contributed by atoms with Gasteiger partial charge in [0, 0.05) is 12.7 Å². The van der Waals surface area contributed by atoms with Crippen LogP contribution in [0.5, 0.6) is 0 Å². The first-order chi connectivity index (χ1) is 8.50. The first-order valence-electron chi connectivity index (χ1n) is 5.38. The Kier molecular flexibility index (Phi) is 3.14. The van der Waals surface area contributed by atoms with Crippen molar-refractivity contribution in [3.05, 3.63) is 34.5 Å². The molecule has 6 nitrogen and oxygen atoms in total. The van der Waals surface area contributed by atoms with E-state index in [0.29, 0.717) is 6.42 Å². The molecule has 18 heavy (non-hydrogen) atoms. The third kappa shape index (κ3) is 2.11. The van der Waals surface area contributed by atoms with Crippen LogP contribution in [0.15, 0.2) is 23.1 Å². The van der Waals surface area contributed by atoms with E-state index < -0.39 is 35.8 Å². The second-order valence-electron chi connectivity index (χ2n) is 4.03. The van der Waals surface area contributed by atoms with Crippen molar-refractivity contribution >= 4 is 11.9 Å². The lowest BCUT2D eigenvalue weighted by Crippen LogP contribution is -2.35. The van der Waals surface area contributed by atoms with E-state index in [-0.39, 0.29) is 6.54 Å². The molecule has 1 aromatic rings. The van der Waals surface area contributed by atoms with Crippen LogP contribution >= 0.6 is 0 Å². The Hall–Kier alpha value is -2.18. The van der Waals surface area contributed by atoms with Crippen molar-refractivity contribution in [3.63, 3.8) is 0 Å². The Morgan fingerprint density at radius 3 is 2.89 bits per heavy atom. The van der Waals surface area contributed by atoms with Crippen LogP contribution in [0.1, 0.15) is 12.5 Å². The number of nitrogens with zero attached hydrogens (tertiary/aromatic N) is 2. The zero-order chi connectivity index (χ0) is 13.3. The van der Waals surface area contributed by atoms with Crippen LogP contribution in [0.3, 0.4) is 0 Å². The van der Waals surface area contributed by atoms with Gasteiger partial charge in [0.2, 0.25) is 5.91 Å². The summed E-state index contributed by atoms with van der Waals surface area (Å²) in [6, 6.07) is 1.55. The minimum Gasteiger partial charge on any atom is -0.480 e. The number of carbonyl (C=O) groups excluding carboxylic acids is 1. The average Bonchev–Trinajstić information content (AvgIpc) is 2.64. The van der Waals surface area contributed by atoms with Crippen LogP contribution in [-0.4, -0.2) is 39.5 Å². The highest BCUT2D eigenvalue weighted by molar-refractivity contribution is 5.86. The molecular weight excluding hydrogens is 243 g/mol. The molecule has 96 valence electrons. The van der Waals surface area contributed by atoms with E-state index in [9.17, 15) is 18.8 Å². The van der Waals surface area contributed by atoms with Gasteiger partial charge in [0.25, 0.3) is 5.56 Å². The monoisotopic (exact) mass is 254 g/mol. The van der Waals surface area contributed by atoms with E-state index in [0.717, 1.165) is 15.5 Å². The molecule has 1 unspecified atom stereocenters. The van der Waals surface area contributed by atoms with E-state index in [2.05, 4.69) is 0 Å². The normalized spacial score (nSPS) is 19.3. The molecule has 0 saturated carbocycles. The standard InChI is InChI=1S/C11H11FN2O4/c12-7-2-1-4-14(10(7)17)8-3-5-13(11(8)18)6-9(15)16/h1-2,4,8H,3,5-6H2,(H,15,16). The Balaban J connectivity index is 2.26. The molecule has 1 aromatic heterocycles. The number of amides is 1. The lowest BCUT2D eigenvalue weighted by Gasteiger charge is -2.15. The van der Waals surface area contributed by atoms with E-state index in [1.54, 1.807) is 0 Å². The fraction of sp³-hybridized carbons (Fsp3) is 0.364. The third-order valence-corrected chi connectivity index (χ3v) is 2.86. The SMILES string of the molecule is O=C(O)CN1CCC(n2cccc(F)c2=O)C1=O. The Morgan fingerprint density at radius 2 is 2.22 bits per heavy atom. The molecule has 1 N–H and O–H groups in total. The van der Waals surface area contributed by atoms with Crippen LogP contribution in [0.4, 0.5) is 4.39 Å². The molecule has 1 aliphatic heterocycles. The predicted octanol–water partition coefficient (Wildman–Crippen LogP) is -0.155. The van der Waals surface area contributed by atoms with Crippen LogP contribution < -0.4 is 5.56 Å². The van der Waals surface area contributed by atoms with Crippen molar-refractivity contribution in [1.82, 2.24) is 9.47 Å². The number of hydrogen-bond donors (Lipinski definition) is 1. The summed E-state index contributed by atoms with van der Waals surface area (Å²) in [6.45, 7) is -0.155. The molecule has 1 atom stereocenters. The summed E-state index contributed by atoms with van der Waals surface area (Å²) in [6.07, 6.45) is 1.63. The quantitative estimate of drug-likeness (QED) is 0.813. The summed E-state index contributed by atoms with van der Waals surface area (Å²) in [5, 5.41) is 8.62. The molecule has 1 saturated heterocycles. The largest absolute Gasteiger partial charge is 0.480 e. The first-order valence-corrected chi connectivity index (χ1v) is 5.38. The van der Waals surface area contributed by atoms with Gasteiger partial charge in [0.15, 0.2) is 5.82 Å². The number of aromatic nitrogens is 1. The third-order valence-electron chi connectivity index (χ3n) is 2.86. The van der Waals surface area contributed by atoms with Gasteiger partial charge in [-0.15, -0.1) is 0 Å². The van der Waals surface area contributed by atoms with Crippen molar-refractivity contribution in [2.45, 2.75) is 12.5 Å². The number of carboxylic acid groups (broad SMARTS) is 1.